The van der Waals surface area contributed by atoms with Gasteiger partial charge in [0, 0.05) is 6.54 Å². The first-order valence-corrected chi connectivity index (χ1v) is 6.75. The van der Waals surface area contributed by atoms with Crippen molar-refractivity contribution in [1.82, 2.24) is 14.5 Å². The maximum Gasteiger partial charge on any atom is 0.317 e. The van der Waals surface area contributed by atoms with Crippen LogP contribution in [0.1, 0.15) is 12.7 Å². The molecule has 0 amide bonds. The molecule has 0 fully saturated rings. The second kappa shape index (κ2) is 6.37. The Bertz CT molecular complexity index is 687. The average molecular weight is 286 g/mol. The van der Waals surface area contributed by atoms with Gasteiger partial charge in [0.15, 0.2) is 0 Å². The van der Waals surface area contributed by atoms with Crippen molar-refractivity contribution in [3.63, 3.8) is 0 Å². The topological polar surface area (TPSA) is 82.2 Å². The molecule has 1 aromatic heterocycles. The molecule has 0 saturated heterocycles. The minimum Gasteiger partial charge on any atom is -0.480 e. The predicted molar refractivity (Wildman–Crippen MR) is 78.5 cm³/mol. The van der Waals surface area contributed by atoms with Gasteiger partial charge in [-0.05, 0) is 26.1 Å². The van der Waals surface area contributed by atoms with Crippen molar-refractivity contribution >= 4 is 17.0 Å². The van der Waals surface area contributed by atoms with E-state index < -0.39 is 5.97 Å². The van der Waals surface area contributed by atoms with Crippen molar-refractivity contribution in [2.75, 3.05) is 13.6 Å². The molecule has 0 aliphatic rings. The zero-order chi connectivity index (χ0) is 15.4. The Hall–Kier alpha value is -2.39. The van der Waals surface area contributed by atoms with Crippen molar-refractivity contribution in [3.8, 4) is 6.07 Å². The number of benzene rings is 1. The van der Waals surface area contributed by atoms with E-state index in [9.17, 15) is 4.79 Å². The van der Waals surface area contributed by atoms with Gasteiger partial charge in [0.05, 0.1) is 36.1 Å². The maximum absolute atomic E-state index is 10.8. The first-order valence-electron chi connectivity index (χ1n) is 6.75. The van der Waals surface area contributed by atoms with Gasteiger partial charge in [0.2, 0.25) is 0 Å². The first-order chi connectivity index (χ1) is 10.0. The maximum atomic E-state index is 10.8. The molecule has 6 heteroatoms. The number of fused-ring (bicyclic) bond motifs is 1. The Morgan fingerprint density at radius 2 is 2.24 bits per heavy atom. The van der Waals surface area contributed by atoms with Crippen LogP contribution in [-0.2, 0) is 17.9 Å². The number of nitrogens with zero attached hydrogens (tertiary/aromatic N) is 4. The number of carbonyl (C=O) groups is 1. The minimum absolute atomic E-state index is 0.0446. The van der Waals surface area contributed by atoms with E-state index in [4.69, 9.17) is 10.4 Å². The van der Waals surface area contributed by atoms with E-state index in [0.717, 1.165) is 16.9 Å². The molecule has 0 aliphatic heterocycles. The van der Waals surface area contributed by atoms with Crippen LogP contribution in [0.15, 0.2) is 24.3 Å². The largest absolute Gasteiger partial charge is 0.480 e. The Labute approximate surface area is 123 Å². The molecule has 21 heavy (non-hydrogen) atoms. The summed E-state index contributed by atoms with van der Waals surface area (Å²) in [5.41, 5.74) is 1.83. The molecule has 1 aromatic carbocycles. The van der Waals surface area contributed by atoms with Crippen LogP contribution < -0.4 is 0 Å². The average Bonchev–Trinajstić information content (AvgIpc) is 2.75. The number of hydrogen-bond acceptors (Lipinski definition) is 4. The number of carboxylic acid groups (broad SMARTS) is 1. The quantitative estimate of drug-likeness (QED) is 0.874. The number of aliphatic carboxylic acids is 1. The van der Waals surface area contributed by atoms with E-state index >= 15 is 0 Å². The number of para-hydroxylation sites is 2. The van der Waals surface area contributed by atoms with Crippen LogP contribution in [0.2, 0.25) is 0 Å². The summed E-state index contributed by atoms with van der Waals surface area (Å²) >= 11 is 0. The smallest absolute Gasteiger partial charge is 0.317 e. The molecule has 110 valence electrons. The highest BCUT2D eigenvalue weighted by atomic mass is 16.4. The van der Waals surface area contributed by atoms with E-state index in [1.807, 2.05) is 35.8 Å². The van der Waals surface area contributed by atoms with Gasteiger partial charge in [-0.15, -0.1) is 0 Å². The Kier molecular flexibility index (Phi) is 4.55. The van der Waals surface area contributed by atoms with Crippen LogP contribution in [0.25, 0.3) is 11.0 Å². The van der Waals surface area contributed by atoms with Gasteiger partial charge < -0.3 is 9.67 Å². The second-order valence-corrected chi connectivity index (χ2v) is 5.22. The summed E-state index contributed by atoms with van der Waals surface area (Å²) in [4.78, 5) is 17.0. The molecule has 1 N–H and O–H groups in total. The summed E-state index contributed by atoms with van der Waals surface area (Å²) in [5.74, 6) is -0.223. The summed E-state index contributed by atoms with van der Waals surface area (Å²) in [6, 6.07) is 9.96. The highest BCUT2D eigenvalue weighted by molar-refractivity contribution is 5.76. The van der Waals surface area contributed by atoms with Crippen molar-refractivity contribution < 1.29 is 9.90 Å². The van der Waals surface area contributed by atoms with E-state index in [-0.39, 0.29) is 12.5 Å². The number of carboxylic acids is 1. The molecular formula is C15H18N4O2. The molecule has 0 spiro atoms. The fourth-order valence-corrected chi connectivity index (χ4v) is 2.29. The van der Waals surface area contributed by atoms with E-state index in [1.165, 1.54) is 0 Å². The van der Waals surface area contributed by atoms with Gasteiger partial charge in [0.25, 0.3) is 0 Å². The molecule has 0 saturated carbocycles. The number of aromatic nitrogens is 2. The molecule has 0 aliphatic carbocycles. The Morgan fingerprint density at radius 3 is 2.90 bits per heavy atom. The fourth-order valence-electron chi connectivity index (χ4n) is 2.29. The van der Waals surface area contributed by atoms with Crippen molar-refractivity contribution in [2.24, 2.45) is 5.92 Å². The molecule has 2 aromatic rings. The van der Waals surface area contributed by atoms with Gasteiger partial charge >= 0.3 is 5.97 Å². The van der Waals surface area contributed by atoms with Crippen LogP contribution in [0, 0.1) is 17.2 Å². The third-order valence-electron chi connectivity index (χ3n) is 3.23. The van der Waals surface area contributed by atoms with Crippen LogP contribution in [0.5, 0.6) is 0 Å². The third kappa shape index (κ3) is 3.58. The normalized spacial score (nSPS) is 12.5. The monoisotopic (exact) mass is 286 g/mol. The number of hydrogen-bond donors (Lipinski definition) is 1. The number of imidazole rings is 1. The lowest BCUT2D eigenvalue weighted by atomic mass is 10.2. The first kappa shape index (κ1) is 15.0. The molecule has 0 bridgehead atoms. The van der Waals surface area contributed by atoms with Crippen LogP contribution >= 0.6 is 0 Å². The van der Waals surface area contributed by atoms with Gasteiger partial charge in [-0.2, -0.15) is 5.26 Å². The highest BCUT2D eigenvalue weighted by Gasteiger charge is 2.15. The molecule has 1 unspecified atom stereocenters. The van der Waals surface area contributed by atoms with Crippen LogP contribution in [0.4, 0.5) is 0 Å². The van der Waals surface area contributed by atoms with E-state index in [2.05, 4.69) is 11.1 Å². The Morgan fingerprint density at radius 1 is 1.52 bits per heavy atom. The molecule has 1 heterocycles. The summed E-state index contributed by atoms with van der Waals surface area (Å²) < 4.78 is 2.00. The lowest BCUT2D eigenvalue weighted by Gasteiger charge is -2.16. The molecule has 2 rings (SSSR count). The SMILES string of the molecule is CC(C#N)Cn1c(CN(C)CC(=O)O)nc2ccccc21. The van der Waals surface area contributed by atoms with Gasteiger partial charge in [-0.25, -0.2) is 4.98 Å². The van der Waals surface area contributed by atoms with Crippen molar-refractivity contribution in [1.29, 1.82) is 5.26 Å². The molecule has 0 radical (unpaired) electrons. The summed E-state index contributed by atoms with van der Waals surface area (Å²) in [6.45, 7) is 2.79. The zero-order valence-electron chi connectivity index (χ0n) is 12.2. The number of rotatable bonds is 6. The molecular weight excluding hydrogens is 268 g/mol. The molecule has 1 atom stereocenters. The number of likely N-dealkylation sites (N-methyl/N-ethyl adjacent to an activating group) is 1. The van der Waals surface area contributed by atoms with E-state index in [1.54, 1.807) is 11.9 Å². The summed E-state index contributed by atoms with van der Waals surface area (Å²) in [6.07, 6.45) is 0. The minimum atomic E-state index is -0.870. The summed E-state index contributed by atoms with van der Waals surface area (Å²) in [7, 11) is 1.74. The fraction of sp³-hybridized carbons (Fsp3) is 0.400. The lowest BCUT2D eigenvalue weighted by Crippen LogP contribution is -2.27. The summed E-state index contributed by atoms with van der Waals surface area (Å²) in [5, 5.41) is 17.9. The Balaban J connectivity index is 2.35. The number of nitriles is 1. The van der Waals surface area contributed by atoms with Gasteiger partial charge in [-0.3, -0.25) is 9.69 Å². The predicted octanol–water partition coefficient (Wildman–Crippen LogP) is 1.71. The van der Waals surface area contributed by atoms with Gasteiger partial charge in [0.1, 0.15) is 5.82 Å². The van der Waals surface area contributed by atoms with Gasteiger partial charge in [-0.1, -0.05) is 12.1 Å². The molecule has 6 nitrogen and oxygen atoms in total. The third-order valence-corrected chi connectivity index (χ3v) is 3.23. The zero-order valence-corrected chi connectivity index (χ0v) is 12.2. The standard InChI is InChI=1S/C15H18N4O2/c1-11(7-16)8-19-13-6-4-3-5-12(13)17-14(19)9-18(2)10-15(20)21/h3-6,11H,8-10H2,1-2H3,(H,20,21). The second-order valence-electron chi connectivity index (χ2n) is 5.22. The highest BCUT2D eigenvalue weighted by Crippen LogP contribution is 2.18. The van der Waals surface area contributed by atoms with E-state index in [0.29, 0.717) is 13.1 Å². The van der Waals surface area contributed by atoms with Crippen molar-refractivity contribution in [2.45, 2.75) is 20.0 Å². The lowest BCUT2D eigenvalue weighted by molar-refractivity contribution is -0.138. The van der Waals surface area contributed by atoms with Crippen LogP contribution in [-0.4, -0.2) is 39.1 Å². The van der Waals surface area contributed by atoms with Crippen molar-refractivity contribution in [3.05, 3.63) is 30.1 Å². The van der Waals surface area contributed by atoms with Crippen LogP contribution in [0.3, 0.4) is 0 Å².